The first kappa shape index (κ1) is 17.3. The van der Waals surface area contributed by atoms with Gasteiger partial charge in [0.1, 0.15) is 11.5 Å². The Hall–Kier alpha value is -3.14. The summed E-state index contributed by atoms with van der Waals surface area (Å²) in [5.41, 5.74) is 4.09. The fraction of sp³-hybridized carbons (Fsp3) is 0.143. The van der Waals surface area contributed by atoms with E-state index in [1.165, 1.54) is 6.08 Å². The molecule has 0 aliphatic carbocycles. The quantitative estimate of drug-likeness (QED) is 0.604. The lowest BCUT2D eigenvalue weighted by molar-refractivity contribution is -0.0770. The maximum Gasteiger partial charge on any atom is 0.228 e. The van der Waals surface area contributed by atoms with E-state index in [0.717, 1.165) is 39.0 Å². The smallest absolute Gasteiger partial charge is 0.228 e. The Bertz CT molecular complexity index is 1090. The molecular weight excluding hydrogens is 360 g/mol. The highest BCUT2D eigenvalue weighted by Crippen LogP contribution is 2.42. The predicted molar refractivity (Wildman–Crippen MR) is 105 cm³/mol. The zero-order valence-corrected chi connectivity index (χ0v) is 15.6. The monoisotopic (exact) mass is 376 g/mol. The van der Waals surface area contributed by atoms with E-state index in [9.17, 15) is 0 Å². The molecule has 4 rings (SSSR count). The Balaban J connectivity index is 2.00. The van der Waals surface area contributed by atoms with E-state index in [0.29, 0.717) is 5.76 Å². The molecular formula is C21H16N2O3S. The van der Waals surface area contributed by atoms with Crippen molar-refractivity contribution in [1.29, 1.82) is 5.26 Å². The summed E-state index contributed by atoms with van der Waals surface area (Å²) in [6.07, 6.45) is 2.58. The van der Waals surface area contributed by atoms with Crippen LogP contribution in [-0.2, 0) is 9.47 Å². The first-order valence-electron chi connectivity index (χ1n) is 8.26. The molecule has 1 aliphatic rings. The van der Waals surface area contributed by atoms with Gasteiger partial charge in [0.2, 0.25) is 6.29 Å². The van der Waals surface area contributed by atoms with Gasteiger partial charge in [-0.2, -0.15) is 16.6 Å². The van der Waals surface area contributed by atoms with Gasteiger partial charge in [-0.1, -0.05) is 0 Å². The van der Waals surface area contributed by atoms with Crippen LogP contribution in [0.4, 0.5) is 0 Å². The highest BCUT2D eigenvalue weighted by atomic mass is 32.1. The molecule has 0 amide bonds. The van der Waals surface area contributed by atoms with E-state index >= 15 is 0 Å². The van der Waals surface area contributed by atoms with Crippen LogP contribution >= 0.6 is 11.3 Å². The maximum atomic E-state index is 9.03. The van der Waals surface area contributed by atoms with Gasteiger partial charge in [-0.25, -0.2) is 4.98 Å². The molecule has 0 radical (unpaired) electrons. The van der Waals surface area contributed by atoms with Gasteiger partial charge < -0.3 is 14.2 Å². The number of aromatic nitrogens is 1. The van der Waals surface area contributed by atoms with E-state index in [1.807, 2.05) is 47.2 Å². The van der Waals surface area contributed by atoms with Crippen LogP contribution in [0, 0.1) is 11.3 Å². The number of fused-ring (bicyclic) bond motifs is 2. The summed E-state index contributed by atoms with van der Waals surface area (Å²) in [7, 11) is 3.24. The van der Waals surface area contributed by atoms with Crippen LogP contribution in [0.2, 0.25) is 0 Å². The molecule has 0 N–H and O–H groups in total. The van der Waals surface area contributed by atoms with Gasteiger partial charge in [0.25, 0.3) is 0 Å². The van der Waals surface area contributed by atoms with Gasteiger partial charge in [0, 0.05) is 40.7 Å². The zero-order chi connectivity index (χ0) is 18.8. The number of allylic oxidation sites excluding steroid dienone is 3. The molecule has 1 atom stereocenters. The fourth-order valence-corrected chi connectivity index (χ4v) is 3.74. The Morgan fingerprint density at radius 1 is 1.26 bits per heavy atom. The minimum Gasteiger partial charge on any atom is -0.497 e. The van der Waals surface area contributed by atoms with Gasteiger partial charge in [-0.15, -0.1) is 0 Å². The van der Waals surface area contributed by atoms with Crippen molar-refractivity contribution in [2.75, 3.05) is 14.2 Å². The Labute approximate surface area is 160 Å². The standard InChI is InChI=1S/C21H16N2O3S/c1-24-15-5-6-18-14(10-15)11-17-19(23-18)16(4-3-8-22)20(26-21(17)25-2)13-7-9-27-12-13/h3-7,9-12,21H,1-2H3/b4-3+. The van der Waals surface area contributed by atoms with Crippen LogP contribution in [0.15, 0.2) is 53.2 Å². The number of nitrogens with zero attached hydrogens (tertiary/aromatic N) is 2. The summed E-state index contributed by atoms with van der Waals surface area (Å²) in [6, 6.07) is 11.7. The summed E-state index contributed by atoms with van der Waals surface area (Å²) in [4.78, 5) is 4.85. The summed E-state index contributed by atoms with van der Waals surface area (Å²) in [5, 5.41) is 13.9. The molecule has 6 heteroatoms. The largest absolute Gasteiger partial charge is 0.497 e. The lowest BCUT2D eigenvalue weighted by atomic mass is 9.97. The molecule has 27 heavy (non-hydrogen) atoms. The van der Waals surface area contributed by atoms with Crippen molar-refractivity contribution >= 4 is 33.6 Å². The van der Waals surface area contributed by atoms with Crippen LogP contribution in [0.3, 0.4) is 0 Å². The topological polar surface area (TPSA) is 64.4 Å². The molecule has 0 bridgehead atoms. The number of thiophene rings is 1. The minimum absolute atomic E-state index is 0.586. The van der Waals surface area contributed by atoms with E-state index < -0.39 is 6.29 Å². The number of hydrogen-bond acceptors (Lipinski definition) is 6. The summed E-state index contributed by atoms with van der Waals surface area (Å²) < 4.78 is 17.1. The maximum absolute atomic E-state index is 9.03. The zero-order valence-electron chi connectivity index (χ0n) is 14.8. The molecule has 0 saturated heterocycles. The predicted octanol–water partition coefficient (Wildman–Crippen LogP) is 4.93. The Morgan fingerprint density at radius 3 is 2.85 bits per heavy atom. The van der Waals surface area contributed by atoms with Crippen LogP contribution < -0.4 is 4.74 Å². The average molecular weight is 376 g/mol. The second-order valence-corrected chi connectivity index (χ2v) is 6.67. The number of pyridine rings is 1. The number of methoxy groups -OCH3 is 2. The molecule has 1 aromatic carbocycles. The van der Waals surface area contributed by atoms with Crippen LogP contribution in [0.1, 0.15) is 23.1 Å². The lowest BCUT2D eigenvalue weighted by Gasteiger charge is -2.28. The van der Waals surface area contributed by atoms with Crippen molar-refractivity contribution in [3.8, 4) is 11.8 Å². The molecule has 0 fully saturated rings. The number of rotatable bonds is 4. The Morgan fingerprint density at radius 2 is 2.15 bits per heavy atom. The fourth-order valence-electron chi connectivity index (χ4n) is 3.10. The molecule has 134 valence electrons. The van der Waals surface area contributed by atoms with Crippen molar-refractivity contribution < 1.29 is 14.2 Å². The molecule has 5 nitrogen and oxygen atoms in total. The van der Waals surface area contributed by atoms with Gasteiger partial charge >= 0.3 is 0 Å². The van der Waals surface area contributed by atoms with Crippen molar-refractivity contribution in [2.45, 2.75) is 6.29 Å². The minimum atomic E-state index is -0.586. The number of benzene rings is 1. The van der Waals surface area contributed by atoms with Crippen LogP contribution in [0.5, 0.6) is 5.75 Å². The normalized spacial score (nSPS) is 16.3. The summed E-state index contributed by atoms with van der Waals surface area (Å²) in [6.45, 7) is 0. The highest BCUT2D eigenvalue weighted by Gasteiger charge is 2.30. The van der Waals surface area contributed by atoms with Crippen LogP contribution in [0.25, 0.3) is 22.2 Å². The second kappa shape index (κ2) is 7.23. The SMILES string of the molecule is COc1ccc2nc3c(cc2c1)C(OC)OC(c1ccsc1)=C3/C=C/C#N. The number of ether oxygens (including phenoxy) is 3. The molecule has 3 heterocycles. The van der Waals surface area contributed by atoms with Gasteiger partial charge in [0.15, 0.2) is 0 Å². The third kappa shape index (κ3) is 3.08. The van der Waals surface area contributed by atoms with E-state index in [4.69, 9.17) is 24.5 Å². The van der Waals surface area contributed by atoms with E-state index in [1.54, 1.807) is 31.6 Å². The molecule has 0 spiro atoms. The number of nitriles is 1. The van der Waals surface area contributed by atoms with Crippen molar-refractivity contribution in [3.63, 3.8) is 0 Å². The van der Waals surface area contributed by atoms with Gasteiger partial charge in [-0.3, -0.25) is 0 Å². The van der Waals surface area contributed by atoms with Crippen LogP contribution in [-0.4, -0.2) is 19.2 Å². The average Bonchev–Trinajstić information content (AvgIpc) is 3.24. The van der Waals surface area contributed by atoms with Crippen molar-refractivity contribution in [1.82, 2.24) is 4.98 Å². The summed E-state index contributed by atoms with van der Waals surface area (Å²) >= 11 is 1.58. The second-order valence-electron chi connectivity index (χ2n) is 5.89. The third-order valence-electron chi connectivity index (χ3n) is 4.35. The third-order valence-corrected chi connectivity index (χ3v) is 5.04. The van der Waals surface area contributed by atoms with Gasteiger partial charge in [-0.05, 0) is 41.8 Å². The lowest BCUT2D eigenvalue weighted by Crippen LogP contribution is -2.16. The first-order chi connectivity index (χ1) is 13.2. The molecule has 2 aromatic heterocycles. The van der Waals surface area contributed by atoms with E-state index in [-0.39, 0.29) is 0 Å². The van der Waals surface area contributed by atoms with Gasteiger partial charge in [0.05, 0.1) is 24.4 Å². The molecule has 3 aromatic rings. The molecule has 0 saturated carbocycles. The number of hydrogen-bond donors (Lipinski definition) is 0. The molecule has 1 aliphatic heterocycles. The van der Waals surface area contributed by atoms with E-state index in [2.05, 4.69) is 0 Å². The summed E-state index contributed by atoms with van der Waals surface area (Å²) in [5.74, 6) is 1.41. The van der Waals surface area contributed by atoms with Crippen molar-refractivity contribution in [2.24, 2.45) is 0 Å². The highest BCUT2D eigenvalue weighted by molar-refractivity contribution is 7.08. The van der Waals surface area contributed by atoms with Crippen molar-refractivity contribution in [3.05, 3.63) is 70.1 Å². The molecule has 1 unspecified atom stereocenters. The Kier molecular flexibility index (Phi) is 4.63. The first-order valence-corrected chi connectivity index (χ1v) is 9.21.